The van der Waals surface area contributed by atoms with Crippen LogP contribution in [0.4, 0.5) is 0 Å². The SMILES string of the molecule is Cc1nn(-c2ccc(C#N)cc2)cc1Cl. The summed E-state index contributed by atoms with van der Waals surface area (Å²) in [4.78, 5) is 0. The summed E-state index contributed by atoms with van der Waals surface area (Å²) in [5.74, 6) is 0. The van der Waals surface area contributed by atoms with Crippen LogP contribution in [0, 0.1) is 18.3 Å². The molecule has 0 N–H and O–H groups in total. The van der Waals surface area contributed by atoms with Crippen LogP contribution in [-0.2, 0) is 0 Å². The van der Waals surface area contributed by atoms with Crippen LogP contribution >= 0.6 is 11.6 Å². The number of hydrogen-bond acceptors (Lipinski definition) is 2. The molecule has 3 nitrogen and oxygen atoms in total. The van der Waals surface area contributed by atoms with Gasteiger partial charge in [0.2, 0.25) is 0 Å². The maximum Gasteiger partial charge on any atom is 0.0991 e. The lowest BCUT2D eigenvalue weighted by Gasteiger charge is -1.99. The number of hydrogen-bond donors (Lipinski definition) is 0. The van der Waals surface area contributed by atoms with E-state index in [1.54, 1.807) is 23.0 Å². The average molecular weight is 218 g/mol. The predicted molar refractivity (Wildman–Crippen MR) is 58.0 cm³/mol. The topological polar surface area (TPSA) is 41.6 Å². The van der Waals surface area contributed by atoms with Crippen molar-refractivity contribution < 1.29 is 0 Å². The highest BCUT2D eigenvalue weighted by atomic mass is 35.5. The van der Waals surface area contributed by atoms with E-state index in [-0.39, 0.29) is 0 Å². The van der Waals surface area contributed by atoms with Crippen LogP contribution in [0.1, 0.15) is 11.3 Å². The third-order valence-corrected chi connectivity index (χ3v) is 2.47. The number of rotatable bonds is 1. The lowest BCUT2D eigenvalue weighted by atomic mass is 10.2. The molecule has 1 aromatic heterocycles. The van der Waals surface area contributed by atoms with Gasteiger partial charge in [-0.05, 0) is 31.2 Å². The minimum Gasteiger partial charge on any atom is -0.239 e. The van der Waals surface area contributed by atoms with E-state index in [9.17, 15) is 0 Å². The Kier molecular flexibility index (Phi) is 2.44. The lowest BCUT2D eigenvalue weighted by Crippen LogP contribution is -1.94. The van der Waals surface area contributed by atoms with Gasteiger partial charge in [-0.3, -0.25) is 0 Å². The zero-order valence-electron chi connectivity index (χ0n) is 8.11. The van der Waals surface area contributed by atoms with E-state index in [0.29, 0.717) is 10.6 Å². The van der Waals surface area contributed by atoms with Gasteiger partial charge in [-0.2, -0.15) is 10.4 Å². The molecule has 2 rings (SSSR count). The molecule has 0 saturated heterocycles. The second kappa shape index (κ2) is 3.76. The van der Waals surface area contributed by atoms with Crippen molar-refractivity contribution in [2.75, 3.05) is 0 Å². The Morgan fingerprint density at radius 2 is 2.00 bits per heavy atom. The number of halogens is 1. The second-order valence-corrected chi connectivity index (χ2v) is 3.57. The third-order valence-electron chi connectivity index (χ3n) is 2.10. The first kappa shape index (κ1) is 9.75. The van der Waals surface area contributed by atoms with Gasteiger partial charge in [0.05, 0.1) is 28.0 Å². The van der Waals surface area contributed by atoms with Crippen molar-refractivity contribution in [3.63, 3.8) is 0 Å². The first-order valence-electron chi connectivity index (χ1n) is 4.43. The Balaban J connectivity index is 2.42. The van der Waals surface area contributed by atoms with Crippen LogP contribution in [0.2, 0.25) is 5.02 Å². The van der Waals surface area contributed by atoms with Crippen molar-refractivity contribution in [2.24, 2.45) is 0 Å². The Labute approximate surface area is 92.5 Å². The average Bonchev–Trinajstić information content (AvgIpc) is 2.59. The fourth-order valence-corrected chi connectivity index (χ4v) is 1.39. The summed E-state index contributed by atoms with van der Waals surface area (Å²) in [5.41, 5.74) is 2.32. The van der Waals surface area contributed by atoms with Gasteiger partial charge in [-0.15, -0.1) is 0 Å². The van der Waals surface area contributed by atoms with Crippen molar-refractivity contribution in [2.45, 2.75) is 6.92 Å². The third kappa shape index (κ3) is 1.85. The number of aromatic nitrogens is 2. The van der Waals surface area contributed by atoms with Gasteiger partial charge in [0.15, 0.2) is 0 Å². The van der Waals surface area contributed by atoms with Gasteiger partial charge in [0, 0.05) is 6.20 Å². The molecule has 0 unspecified atom stereocenters. The molecule has 15 heavy (non-hydrogen) atoms. The van der Waals surface area contributed by atoms with Crippen molar-refractivity contribution in [1.82, 2.24) is 9.78 Å². The molecule has 0 fully saturated rings. The summed E-state index contributed by atoms with van der Waals surface area (Å²) in [6.45, 7) is 1.85. The summed E-state index contributed by atoms with van der Waals surface area (Å²) >= 11 is 5.90. The highest BCUT2D eigenvalue weighted by molar-refractivity contribution is 6.31. The monoisotopic (exact) mass is 217 g/mol. The van der Waals surface area contributed by atoms with Gasteiger partial charge < -0.3 is 0 Å². The first-order valence-corrected chi connectivity index (χ1v) is 4.81. The molecule has 0 saturated carbocycles. The molecule has 0 aliphatic carbocycles. The number of aryl methyl sites for hydroxylation is 1. The van der Waals surface area contributed by atoms with Crippen molar-refractivity contribution in [1.29, 1.82) is 5.26 Å². The maximum atomic E-state index is 8.65. The van der Waals surface area contributed by atoms with Crippen molar-refractivity contribution in [3.05, 3.63) is 46.7 Å². The Morgan fingerprint density at radius 3 is 2.47 bits per heavy atom. The van der Waals surface area contributed by atoms with Crippen LogP contribution in [0.15, 0.2) is 30.5 Å². The molecule has 74 valence electrons. The standard InChI is InChI=1S/C11H8ClN3/c1-8-11(12)7-15(14-8)10-4-2-9(6-13)3-5-10/h2-5,7H,1H3. The van der Waals surface area contributed by atoms with Crippen LogP contribution < -0.4 is 0 Å². The van der Waals surface area contributed by atoms with E-state index < -0.39 is 0 Å². The molecule has 0 radical (unpaired) electrons. The molecule has 0 spiro atoms. The molecule has 0 aliphatic rings. The number of nitriles is 1. The molecule has 1 heterocycles. The molecular formula is C11H8ClN3. The Hall–Kier alpha value is -1.79. The summed E-state index contributed by atoms with van der Waals surface area (Å²) in [5, 5.41) is 13.5. The highest BCUT2D eigenvalue weighted by Gasteiger charge is 2.03. The zero-order valence-corrected chi connectivity index (χ0v) is 8.86. The first-order chi connectivity index (χ1) is 7.20. The molecule has 2 aromatic rings. The minimum atomic E-state index is 0.633. The molecular weight excluding hydrogens is 210 g/mol. The molecule has 0 bridgehead atoms. The molecule has 0 aliphatic heterocycles. The van der Waals surface area contributed by atoms with Crippen LogP contribution in [0.5, 0.6) is 0 Å². The fourth-order valence-electron chi connectivity index (χ4n) is 1.26. The van der Waals surface area contributed by atoms with E-state index in [2.05, 4.69) is 11.2 Å². The van der Waals surface area contributed by atoms with E-state index in [4.69, 9.17) is 16.9 Å². The predicted octanol–water partition coefficient (Wildman–Crippen LogP) is 2.71. The van der Waals surface area contributed by atoms with Gasteiger partial charge in [0.25, 0.3) is 0 Å². The number of nitrogens with zero attached hydrogens (tertiary/aromatic N) is 3. The van der Waals surface area contributed by atoms with Gasteiger partial charge in [-0.1, -0.05) is 11.6 Å². The van der Waals surface area contributed by atoms with Crippen LogP contribution in [0.3, 0.4) is 0 Å². The van der Waals surface area contributed by atoms with Crippen LogP contribution in [0.25, 0.3) is 5.69 Å². The highest BCUT2D eigenvalue weighted by Crippen LogP contribution is 2.16. The molecule has 0 atom stereocenters. The fraction of sp³-hybridized carbons (Fsp3) is 0.0909. The van der Waals surface area contributed by atoms with Gasteiger partial charge >= 0.3 is 0 Å². The minimum absolute atomic E-state index is 0.633. The molecule has 0 amide bonds. The molecule has 1 aromatic carbocycles. The van der Waals surface area contributed by atoms with E-state index in [1.807, 2.05) is 19.1 Å². The molecule has 4 heteroatoms. The maximum absolute atomic E-state index is 8.65. The zero-order chi connectivity index (χ0) is 10.8. The van der Waals surface area contributed by atoms with Crippen molar-refractivity contribution in [3.8, 4) is 11.8 Å². The second-order valence-electron chi connectivity index (χ2n) is 3.17. The van der Waals surface area contributed by atoms with E-state index >= 15 is 0 Å². The largest absolute Gasteiger partial charge is 0.239 e. The quantitative estimate of drug-likeness (QED) is 0.737. The summed E-state index contributed by atoms with van der Waals surface area (Å²) in [7, 11) is 0. The van der Waals surface area contributed by atoms with Gasteiger partial charge in [0.1, 0.15) is 0 Å². The normalized spacial score (nSPS) is 9.93. The van der Waals surface area contributed by atoms with Gasteiger partial charge in [-0.25, -0.2) is 4.68 Å². The Morgan fingerprint density at radius 1 is 1.33 bits per heavy atom. The summed E-state index contributed by atoms with van der Waals surface area (Å²) in [6.07, 6.45) is 1.75. The summed E-state index contributed by atoms with van der Waals surface area (Å²) in [6, 6.07) is 9.24. The van der Waals surface area contributed by atoms with Crippen molar-refractivity contribution >= 4 is 11.6 Å². The lowest BCUT2D eigenvalue weighted by molar-refractivity contribution is 0.862. The van der Waals surface area contributed by atoms with E-state index in [1.165, 1.54) is 0 Å². The summed E-state index contributed by atoms with van der Waals surface area (Å²) < 4.78 is 1.69. The smallest absolute Gasteiger partial charge is 0.0991 e. The Bertz CT molecular complexity index is 500. The van der Waals surface area contributed by atoms with Crippen LogP contribution in [-0.4, -0.2) is 9.78 Å². The number of benzene rings is 1. The van der Waals surface area contributed by atoms with E-state index in [0.717, 1.165) is 11.4 Å².